The summed E-state index contributed by atoms with van der Waals surface area (Å²) in [6, 6.07) is -1.02. The van der Waals surface area contributed by atoms with Crippen molar-refractivity contribution in [1.82, 2.24) is 5.32 Å². The van der Waals surface area contributed by atoms with Crippen LogP contribution in [0, 0.1) is 0 Å². The van der Waals surface area contributed by atoms with Crippen LogP contribution >= 0.6 is 0 Å². The van der Waals surface area contributed by atoms with Gasteiger partial charge in [-0.05, 0) is 20.8 Å². The lowest BCUT2D eigenvalue weighted by molar-refractivity contribution is -0.158. The second-order valence-electron chi connectivity index (χ2n) is 5.17. The van der Waals surface area contributed by atoms with Crippen LogP contribution in [0.3, 0.4) is 0 Å². The molecule has 20 heavy (non-hydrogen) atoms. The summed E-state index contributed by atoms with van der Waals surface area (Å²) in [5, 5.41) is 21.7. The molecule has 0 aromatic heterocycles. The first kappa shape index (κ1) is 18.6. The van der Waals surface area contributed by atoms with Crippen LogP contribution in [0.4, 0.5) is 4.79 Å². The van der Waals surface area contributed by atoms with Crippen molar-refractivity contribution < 1.29 is 34.0 Å². The fourth-order valence-electron chi connectivity index (χ4n) is 1.34. The molecule has 0 spiro atoms. The fourth-order valence-corrected chi connectivity index (χ4v) is 1.34. The predicted molar refractivity (Wildman–Crippen MR) is 69.1 cm³/mol. The number of aliphatic hydroxyl groups excluding tert-OH is 2. The molecule has 3 N–H and O–H groups in total. The highest BCUT2D eigenvalue weighted by Gasteiger charge is 2.34. The Morgan fingerprint density at radius 1 is 1.20 bits per heavy atom. The van der Waals surface area contributed by atoms with E-state index in [1.165, 1.54) is 7.11 Å². The number of aliphatic hydroxyl groups is 2. The minimum absolute atomic E-state index is 0.117. The van der Waals surface area contributed by atoms with Gasteiger partial charge in [0.15, 0.2) is 6.10 Å². The second-order valence-corrected chi connectivity index (χ2v) is 5.17. The molecule has 0 aromatic rings. The Morgan fingerprint density at radius 2 is 1.75 bits per heavy atom. The summed E-state index contributed by atoms with van der Waals surface area (Å²) in [5.74, 6) is -1.01. The Kier molecular flexibility index (Phi) is 7.48. The highest BCUT2D eigenvalue weighted by molar-refractivity contribution is 5.75. The Morgan fingerprint density at radius 3 is 2.15 bits per heavy atom. The highest BCUT2D eigenvalue weighted by Crippen LogP contribution is 2.09. The van der Waals surface area contributed by atoms with E-state index in [4.69, 9.17) is 9.47 Å². The van der Waals surface area contributed by atoms with Gasteiger partial charge in [-0.3, -0.25) is 0 Å². The lowest BCUT2D eigenvalue weighted by atomic mass is 10.1. The molecule has 8 nitrogen and oxygen atoms in total. The highest BCUT2D eigenvalue weighted by atomic mass is 16.6. The lowest BCUT2D eigenvalue weighted by Crippen LogP contribution is -2.54. The van der Waals surface area contributed by atoms with Gasteiger partial charge in [0.05, 0.1) is 19.8 Å². The van der Waals surface area contributed by atoms with Crippen molar-refractivity contribution in [3.8, 4) is 0 Å². The van der Waals surface area contributed by atoms with E-state index in [0.29, 0.717) is 0 Å². The van der Waals surface area contributed by atoms with E-state index in [2.05, 4.69) is 10.1 Å². The van der Waals surface area contributed by atoms with E-state index < -0.39 is 35.9 Å². The molecule has 0 fully saturated rings. The summed E-state index contributed by atoms with van der Waals surface area (Å²) in [4.78, 5) is 22.8. The van der Waals surface area contributed by atoms with Gasteiger partial charge < -0.3 is 29.7 Å². The van der Waals surface area contributed by atoms with Crippen LogP contribution in [0.1, 0.15) is 20.8 Å². The number of carbonyl (C=O) groups is 2. The molecule has 8 heteroatoms. The molecular formula is C12H23NO7. The SMILES string of the molecule is COC[C@H](NC(=O)OC(C)(C)C)[C@H](O)[C@H](O)C(=O)OC. The number of hydrogen-bond acceptors (Lipinski definition) is 7. The summed E-state index contributed by atoms with van der Waals surface area (Å²) < 4.78 is 14.2. The fraction of sp³-hybridized carbons (Fsp3) is 0.833. The van der Waals surface area contributed by atoms with Gasteiger partial charge in [0, 0.05) is 7.11 Å². The molecule has 0 saturated heterocycles. The Hall–Kier alpha value is -1.38. The Bertz CT molecular complexity index is 326. The van der Waals surface area contributed by atoms with Crippen LogP contribution in [-0.4, -0.2) is 67.0 Å². The number of nitrogens with one attached hydrogen (secondary N) is 1. The van der Waals surface area contributed by atoms with Gasteiger partial charge in [-0.15, -0.1) is 0 Å². The minimum Gasteiger partial charge on any atom is -0.467 e. The smallest absolute Gasteiger partial charge is 0.408 e. The zero-order valence-corrected chi connectivity index (χ0v) is 12.4. The molecule has 3 atom stereocenters. The molecule has 0 rings (SSSR count). The number of esters is 1. The number of methoxy groups -OCH3 is 2. The largest absolute Gasteiger partial charge is 0.467 e. The maximum Gasteiger partial charge on any atom is 0.408 e. The molecule has 0 aliphatic rings. The number of ether oxygens (including phenoxy) is 3. The average molecular weight is 293 g/mol. The van der Waals surface area contributed by atoms with Crippen molar-refractivity contribution >= 4 is 12.1 Å². The van der Waals surface area contributed by atoms with Gasteiger partial charge in [-0.1, -0.05) is 0 Å². The zero-order valence-electron chi connectivity index (χ0n) is 12.4. The summed E-state index contributed by atoms with van der Waals surface area (Å²) in [6.45, 7) is 4.92. The molecular weight excluding hydrogens is 270 g/mol. The first-order valence-corrected chi connectivity index (χ1v) is 6.04. The van der Waals surface area contributed by atoms with Crippen molar-refractivity contribution in [2.24, 2.45) is 0 Å². The van der Waals surface area contributed by atoms with Gasteiger partial charge in [-0.25, -0.2) is 9.59 Å². The quantitative estimate of drug-likeness (QED) is 0.561. The third-order valence-corrected chi connectivity index (χ3v) is 2.23. The molecule has 0 bridgehead atoms. The Labute approximate surface area is 118 Å². The molecule has 0 unspecified atom stereocenters. The molecule has 0 saturated carbocycles. The molecule has 0 aromatic carbocycles. The monoisotopic (exact) mass is 293 g/mol. The number of hydrogen-bond donors (Lipinski definition) is 3. The van der Waals surface area contributed by atoms with Crippen molar-refractivity contribution in [2.75, 3.05) is 20.8 Å². The summed E-state index contributed by atoms with van der Waals surface area (Å²) in [7, 11) is 2.42. The van der Waals surface area contributed by atoms with E-state index in [0.717, 1.165) is 7.11 Å². The lowest BCUT2D eigenvalue weighted by Gasteiger charge is -2.27. The maximum absolute atomic E-state index is 11.6. The first-order chi connectivity index (χ1) is 9.12. The van der Waals surface area contributed by atoms with Crippen LogP contribution in [0.25, 0.3) is 0 Å². The van der Waals surface area contributed by atoms with Crippen LogP contribution in [0.5, 0.6) is 0 Å². The van der Waals surface area contributed by atoms with Crippen LogP contribution in [-0.2, 0) is 19.0 Å². The van der Waals surface area contributed by atoms with Crippen molar-refractivity contribution in [3.63, 3.8) is 0 Å². The summed E-state index contributed by atoms with van der Waals surface area (Å²) in [6.07, 6.45) is -4.18. The number of carbonyl (C=O) groups excluding carboxylic acids is 2. The molecule has 0 radical (unpaired) electrons. The molecule has 118 valence electrons. The van der Waals surface area contributed by atoms with Gasteiger partial charge in [0.25, 0.3) is 0 Å². The Balaban J connectivity index is 4.71. The molecule has 0 aliphatic heterocycles. The van der Waals surface area contributed by atoms with Crippen LogP contribution < -0.4 is 5.32 Å². The van der Waals surface area contributed by atoms with Gasteiger partial charge >= 0.3 is 12.1 Å². The number of alkyl carbamates (subject to hydrolysis) is 1. The van der Waals surface area contributed by atoms with Gasteiger partial charge in [0.2, 0.25) is 0 Å². The topological polar surface area (TPSA) is 114 Å². The predicted octanol–water partition coefficient (Wildman–Crippen LogP) is -0.579. The minimum atomic E-state index is -1.80. The van der Waals surface area contributed by atoms with Crippen molar-refractivity contribution in [1.29, 1.82) is 0 Å². The van der Waals surface area contributed by atoms with E-state index in [-0.39, 0.29) is 6.61 Å². The standard InChI is InChI=1S/C12H23NO7/c1-12(2,3)20-11(17)13-7(6-18-4)8(14)9(15)10(16)19-5/h7-9,14-15H,6H2,1-5H3,(H,13,17)/t7-,8-,9-/m0/s1. The van der Waals surface area contributed by atoms with E-state index >= 15 is 0 Å². The molecule has 1 amide bonds. The van der Waals surface area contributed by atoms with Gasteiger partial charge in [-0.2, -0.15) is 0 Å². The van der Waals surface area contributed by atoms with Crippen LogP contribution in [0.2, 0.25) is 0 Å². The molecule has 0 heterocycles. The van der Waals surface area contributed by atoms with Gasteiger partial charge in [0.1, 0.15) is 11.7 Å². The third kappa shape index (κ3) is 6.69. The zero-order chi connectivity index (χ0) is 15.9. The number of amides is 1. The van der Waals surface area contributed by atoms with E-state index in [1.807, 2.05) is 0 Å². The third-order valence-electron chi connectivity index (χ3n) is 2.23. The average Bonchev–Trinajstić information content (AvgIpc) is 2.33. The first-order valence-electron chi connectivity index (χ1n) is 6.04. The van der Waals surface area contributed by atoms with Crippen molar-refractivity contribution in [3.05, 3.63) is 0 Å². The molecule has 0 aliphatic carbocycles. The van der Waals surface area contributed by atoms with Crippen LogP contribution in [0.15, 0.2) is 0 Å². The summed E-state index contributed by atoms with van der Waals surface area (Å²) in [5.41, 5.74) is -0.715. The second kappa shape index (κ2) is 8.03. The van der Waals surface area contributed by atoms with E-state index in [9.17, 15) is 19.8 Å². The normalized spacial score (nSPS) is 15.9. The number of rotatable bonds is 6. The van der Waals surface area contributed by atoms with E-state index in [1.54, 1.807) is 20.8 Å². The van der Waals surface area contributed by atoms with Crippen molar-refractivity contribution in [2.45, 2.75) is 44.6 Å². The maximum atomic E-state index is 11.6. The summed E-state index contributed by atoms with van der Waals surface area (Å²) >= 11 is 0.